The number of rotatable bonds is 0. The minimum Gasteiger partial charge on any atom is -0.315 e. The van der Waals surface area contributed by atoms with Gasteiger partial charge in [-0.3, -0.25) is 4.90 Å². The number of fused-ring (bicyclic) bond motifs is 2. The van der Waals surface area contributed by atoms with Crippen LogP contribution in [-0.2, 0) is 0 Å². The van der Waals surface area contributed by atoms with E-state index < -0.39 is 0 Å². The fraction of sp³-hybridized carbons (Fsp3) is 1.00. The molecule has 3 saturated heterocycles. The van der Waals surface area contributed by atoms with Gasteiger partial charge < -0.3 is 5.32 Å². The Kier molecular flexibility index (Phi) is 2.97. The van der Waals surface area contributed by atoms with Gasteiger partial charge in [0.25, 0.3) is 0 Å². The van der Waals surface area contributed by atoms with E-state index in [-0.39, 0.29) is 0 Å². The minimum atomic E-state index is 0.528. The maximum absolute atomic E-state index is 3.68. The molecule has 2 atom stereocenters. The Bertz CT molecular complexity index is 226. The van der Waals surface area contributed by atoms with Crippen molar-refractivity contribution >= 4 is 11.8 Å². The summed E-state index contributed by atoms with van der Waals surface area (Å²) < 4.78 is 0. The van der Waals surface area contributed by atoms with Crippen molar-refractivity contribution in [3.05, 3.63) is 0 Å². The molecule has 1 spiro atoms. The Morgan fingerprint density at radius 2 is 2.27 bits per heavy atom. The van der Waals surface area contributed by atoms with Crippen molar-refractivity contribution in [3.63, 3.8) is 0 Å². The van der Waals surface area contributed by atoms with Crippen LogP contribution in [0.2, 0.25) is 0 Å². The van der Waals surface area contributed by atoms with E-state index in [1.807, 2.05) is 0 Å². The van der Waals surface area contributed by atoms with Gasteiger partial charge in [0.05, 0.1) is 0 Å². The van der Waals surface area contributed by atoms with Crippen LogP contribution >= 0.6 is 11.8 Å². The highest BCUT2D eigenvalue weighted by molar-refractivity contribution is 7.99. The standard InChI is InChI=1S/C12H22N2S/c1-3-11-4-6-13-9-12(14(11)7-1)5-2-8-15-10-12/h11,13H,1-10H2. The molecule has 0 aromatic rings. The van der Waals surface area contributed by atoms with Gasteiger partial charge in [-0.25, -0.2) is 0 Å². The van der Waals surface area contributed by atoms with Crippen molar-refractivity contribution in [3.8, 4) is 0 Å². The van der Waals surface area contributed by atoms with Gasteiger partial charge in [-0.15, -0.1) is 0 Å². The molecule has 3 heterocycles. The molecule has 0 radical (unpaired) electrons. The zero-order valence-electron chi connectivity index (χ0n) is 9.50. The van der Waals surface area contributed by atoms with Crippen molar-refractivity contribution in [1.82, 2.24) is 10.2 Å². The van der Waals surface area contributed by atoms with Crippen molar-refractivity contribution in [1.29, 1.82) is 0 Å². The number of nitrogens with one attached hydrogen (secondary N) is 1. The zero-order valence-corrected chi connectivity index (χ0v) is 10.3. The molecule has 2 nitrogen and oxygen atoms in total. The minimum absolute atomic E-state index is 0.528. The highest BCUT2D eigenvalue weighted by Gasteiger charge is 2.44. The summed E-state index contributed by atoms with van der Waals surface area (Å²) in [6.07, 6.45) is 7.14. The van der Waals surface area contributed by atoms with Gasteiger partial charge in [-0.1, -0.05) is 0 Å². The van der Waals surface area contributed by atoms with Gasteiger partial charge in [-0.2, -0.15) is 11.8 Å². The highest BCUT2D eigenvalue weighted by Crippen LogP contribution is 2.38. The molecular weight excluding hydrogens is 204 g/mol. The van der Waals surface area contributed by atoms with Gasteiger partial charge in [0.1, 0.15) is 0 Å². The summed E-state index contributed by atoms with van der Waals surface area (Å²) in [7, 11) is 0. The monoisotopic (exact) mass is 226 g/mol. The molecule has 1 N–H and O–H groups in total. The second-order valence-corrected chi connectivity index (χ2v) is 6.44. The van der Waals surface area contributed by atoms with Crippen molar-refractivity contribution < 1.29 is 0 Å². The lowest BCUT2D eigenvalue weighted by Crippen LogP contribution is -2.57. The third-order valence-corrected chi connectivity index (χ3v) is 5.72. The molecule has 0 bridgehead atoms. The molecule has 3 fully saturated rings. The molecule has 86 valence electrons. The van der Waals surface area contributed by atoms with E-state index >= 15 is 0 Å². The van der Waals surface area contributed by atoms with Gasteiger partial charge in [0, 0.05) is 23.9 Å². The van der Waals surface area contributed by atoms with Crippen molar-refractivity contribution in [2.75, 3.05) is 31.1 Å². The predicted molar refractivity (Wildman–Crippen MR) is 66.5 cm³/mol. The van der Waals surface area contributed by atoms with Gasteiger partial charge >= 0.3 is 0 Å². The Labute approximate surface area is 97.2 Å². The molecular formula is C12H22N2S. The summed E-state index contributed by atoms with van der Waals surface area (Å²) in [4.78, 5) is 2.87. The fourth-order valence-corrected chi connectivity index (χ4v) is 4.94. The molecule has 15 heavy (non-hydrogen) atoms. The average molecular weight is 226 g/mol. The molecule has 3 rings (SSSR count). The van der Waals surface area contributed by atoms with E-state index in [0.29, 0.717) is 5.54 Å². The Hall–Kier alpha value is 0.270. The van der Waals surface area contributed by atoms with Crippen LogP contribution in [0, 0.1) is 0 Å². The number of hydrogen-bond acceptors (Lipinski definition) is 3. The van der Waals surface area contributed by atoms with Crippen LogP contribution in [0.15, 0.2) is 0 Å². The largest absolute Gasteiger partial charge is 0.315 e. The lowest BCUT2D eigenvalue weighted by atomic mass is 9.92. The molecule has 0 amide bonds. The van der Waals surface area contributed by atoms with Gasteiger partial charge in [-0.05, 0) is 50.9 Å². The van der Waals surface area contributed by atoms with E-state index in [4.69, 9.17) is 0 Å². The molecule has 2 unspecified atom stereocenters. The van der Waals surface area contributed by atoms with Crippen molar-refractivity contribution in [2.45, 2.75) is 43.7 Å². The highest BCUT2D eigenvalue weighted by atomic mass is 32.2. The normalized spacial score (nSPS) is 42.8. The van der Waals surface area contributed by atoms with E-state index in [0.717, 1.165) is 6.04 Å². The van der Waals surface area contributed by atoms with Crippen LogP contribution in [0.3, 0.4) is 0 Å². The Balaban J connectivity index is 1.83. The number of nitrogens with zero attached hydrogens (tertiary/aromatic N) is 1. The SMILES string of the molecule is C1CC2CCNCC3(CCCSC3)N2C1. The average Bonchev–Trinajstić information content (AvgIpc) is 2.69. The molecule has 3 aliphatic rings. The van der Waals surface area contributed by atoms with Gasteiger partial charge in [0.2, 0.25) is 0 Å². The first-order valence-electron chi connectivity index (χ1n) is 6.46. The lowest BCUT2D eigenvalue weighted by Gasteiger charge is -2.45. The summed E-state index contributed by atoms with van der Waals surface area (Å²) in [5.41, 5.74) is 0.528. The second-order valence-electron chi connectivity index (χ2n) is 5.34. The van der Waals surface area contributed by atoms with Crippen LogP contribution in [0.5, 0.6) is 0 Å². The molecule has 0 aliphatic carbocycles. The maximum atomic E-state index is 3.68. The van der Waals surface area contributed by atoms with E-state index in [9.17, 15) is 0 Å². The van der Waals surface area contributed by atoms with Crippen LogP contribution in [-0.4, -0.2) is 47.6 Å². The maximum Gasteiger partial charge on any atom is 0.0427 e. The summed E-state index contributed by atoms with van der Waals surface area (Å²) in [5, 5.41) is 3.68. The third kappa shape index (κ3) is 1.83. The van der Waals surface area contributed by atoms with E-state index in [1.165, 1.54) is 63.2 Å². The van der Waals surface area contributed by atoms with E-state index in [2.05, 4.69) is 22.0 Å². The Morgan fingerprint density at radius 3 is 3.13 bits per heavy atom. The first kappa shape index (κ1) is 10.4. The molecule has 0 aromatic heterocycles. The number of thioether (sulfide) groups is 1. The van der Waals surface area contributed by atoms with Gasteiger partial charge in [0.15, 0.2) is 0 Å². The Morgan fingerprint density at radius 1 is 1.27 bits per heavy atom. The van der Waals surface area contributed by atoms with Crippen molar-refractivity contribution in [2.24, 2.45) is 0 Å². The molecule has 3 heteroatoms. The predicted octanol–water partition coefficient (Wildman–Crippen LogP) is 1.71. The zero-order chi connectivity index (χ0) is 10.1. The number of hydrogen-bond donors (Lipinski definition) is 1. The smallest absolute Gasteiger partial charge is 0.0427 e. The van der Waals surface area contributed by atoms with Crippen LogP contribution in [0.1, 0.15) is 32.1 Å². The first-order chi connectivity index (χ1) is 7.41. The summed E-state index contributed by atoms with van der Waals surface area (Å²) in [6.45, 7) is 3.86. The summed E-state index contributed by atoms with van der Waals surface area (Å²) in [6, 6.07) is 0.902. The topological polar surface area (TPSA) is 15.3 Å². The van der Waals surface area contributed by atoms with Crippen LogP contribution in [0.25, 0.3) is 0 Å². The summed E-state index contributed by atoms with van der Waals surface area (Å²) in [5.74, 6) is 2.76. The lowest BCUT2D eigenvalue weighted by molar-refractivity contribution is 0.0946. The first-order valence-corrected chi connectivity index (χ1v) is 7.61. The molecule has 0 saturated carbocycles. The van der Waals surface area contributed by atoms with E-state index in [1.54, 1.807) is 0 Å². The van der Waals surface area contributed by atoms with Crippen LogP contribution in [0.4, 0.5) is 0 Å². The summed E-state index contributed by atoms with van der Waals surface area (Å²) >= 11 is 2.18. The van der Waals surface area contributed by atoms with Crippen LogP contribution < -0.4 is 5.32 Å². The second kappa shape index (κ2) is 4.27. The molecule has 3 aliphatic heterocycles. The fourth-order valence-electron chi connectivity index (χ4n) is 3.66. The quantitative estimate of drug-likeness (QED) is 0.677. The third-order valence-electron chi connectivity index (χ3n) is 4.40. The molecule has 0 aromatic carbocycles.